The predicted octanol–water partition coefficient (Wildman–Crippen LogP) is 2.45. The van der Waals surface area contributed by atoms with Crippen LogP contribution in [0.25, 0.3) is 10.8 Å². The molecular formula is C12H11NO2. The number of fused-ring (bicyclic) bond motifs is 1. The highest BCUT2D eigenvalue weighted by molar-refractivity contribution is 5.99. The van der Waals surface area contributed by atoms with Crippen LogP contribution in [0.1, 0.15) is 17.3 Å². The Kier molecular flexibility index (Phi) is 2.63. The van der Waals surface area contributed by atoms with E-state index in [2.05, 4.69) is 4.98 Å². The third-order valence-corrected chi connectivity index (χ3v) is 2.21. The molecule has 0 radical (unpaired) electrons. The highest BCUT2D eigenvalue weighted by Gasteiger charge is 2.05. The quantitative estimate of drug-likeness (QED) is 0.716. The second-order valence-electron chi connectivity index (χ2n) is 3.11. The first-order valence-corrected chi connectivity index (χ1v) is 4.82. The molecule has 3 heteroatoms. The highest BCUT2D eigenvalue weighted by atomic mass is 16.5. The van der Waals surface area contributed by atoms with Crippen molar-refractivity contribution >= 4 is 17.1 Å². The van der Waals surface area contributed by atoms with Crippen LogP contribution in [0.2, 0.25) is 0 Å². The van der Waals surface area contributed by atoms with Crippen molar-refractivity contribution in [3.05, 3.63) is 36.0 Å². The van der Waals surface area contributed by atoms with Crippen LogP contribution in [0.3, 0.4) is 0 Å². The molecule has 0 spiro atoms. The van der Waals surface area contributed by atoms with E-state index in [0.717, 1.165) is 17.1 Å². The largest absolute Gasteiger partial charge is 0.478 e. The van der Waals surface area contributed by atoms with E-state index < -0.39 is 0 Å². The van der Waals surface area contributed by atoms with E-state index in [4.69, 9.17) is 4.74 Å². The first kappa shape index (κ1) is 9.65. The van der Waals surface area contributed by atoms with E-state index in [0.29, 0.717) is 18.1 Å². The summed E-state index contributed by atoms with van der Waals surface area (Å²) in [4.78, 5) is 15.0. The van der Waals surface area contributed by atoms with Crippen LogP contribution in [-0.2, 0) is 0 Å². The number of aldehydes is 1. The Labute approximate surface area is 87.7 Å². The average molecular weight is 201 g/mol. The standard InChI is InChI=1S/C12H11NO2/c1-2-15-12-11-5-3-4-9(8-14)10(11)6-7-13-12/h3-8H,2H2,1H3. The Bertz CT molecular complexity index is 494. The van der Waals surface area contributed by atoms with Gasteiger partial charge in [-0.15, -0.1) is 0 Å². The summed E-state index contributed by atoms with van der Waals surface area (Å²) in [5, 5.41) is 1.76. The van der Waals surface area contributed by atoms with Crippen LogP contribution in [0, 0.1) is 0 Å². The molecule has 1 heterocycles. The molecule has 0 unspecified atom stereocenters. The third-order valence-electron chi connectivity index (χ3n) is 2.21. The Morgan fingerprint density at radius 3 is 2.93 bits per heavy atom. The number of rotatable bonds is 3. The molecule has 0 aliphatic carbocycles. The van der Waals surface area contributed by atoms with Gasteiger partial charge in [-0.1, -0.05) is 12.1 Å². The maximum absolute atomic E-state index is 10.8. The van der Waals surface area contributed by atoms with Crippen molar-refractivity contribution in [2.45, 2.75) is 6.92 Å². The number of carbonyl (C=O) groups is 1. The molecule has 0 aliphatic heterocycles. The molecule has 0 bridgehead atoms. The molecule has 2 rings (SSSR count). The van der Waals surface area contributed by atoms with Gasteiger partial charge in [0.1, 0.15) is 0 Å². The Morgan fingerprint density at radius 2 is 2.20 bits per heavy atom. The number of aromatic nitrogens is 1. The van der Waals surface area contributed by atoms with E-state index in [9.17, 15) is 4.79 Å². The lowest BCUT2D eigenvalue weighted by Crippen LogP contribution is -1.95. The van der Waals surface area contributed by atoms with Crippen molar-refractivity contribution in [3.8, 4) is 5.88 Å². The number of ether oxygens (including phenoxy) is 1. The minimum Gasteiger partial charge on any atom is -0.478 e. The van der Waals surface area contributed by atoms with E-state index in [1.54, 1.807) is 12.3 Å². The van der Waals surface area contributed by atoms with Gasteiger partial charge in [-0.2, -0.15) is 0 Å². The van der Waals surface area contributed by atoms with E-state index in [1.165, 1.54) is 0 Å². The summed E-state index contributed by atoms with van der Waals surface area (Å²) < 4.78 is 5.39. The molecule has 0 amide bonds. The number of carbonyl (C=O) groups excluding carboxylic acids is 1. The van der Waals surface area contributed by atoms with Crippen molar-refractivity contribution in [1.29, 1.82) is 0 Å². The minimum atomic E-state index is 0.567. The molecule has 0 atom stereocenters. The first-order valence-electron chi connectivity index (χ1n) is 4.82. The molecule has 15 heavy (non-hydrogen) atoms. The van der Waals surface area contributed by atoms with Crippen LogP contribution < -0.4 is 4.74 Å². The topological polar surface area (TPSA) is 39.2 Å². The fourth-order valence-electron chi connectivity index (χ4n) is 1.56. The normalized spacial score (nSPS) is 10.2. The lowest BCUT2D eigenvalue weighted by molar-refractivity contribution is 0.112. The SMILES string of the molecule is CCOc1nccc2c(C=O)cccc12. The van der Waals surface area contributed by atoms with Crippen LogP contribution >= 0.6 is 0 Å². The van der Waals surface area contributed by atoms with Gasteiger partial charge in [0, 0.05) is 17.1 Å². The summed E-state index contributed by atoms with van der Waals surface area (Å²) in [7, 11) is 0. The van der Waals surface area contributed by atoms with Gasteiger partial charge in [-0.25, -0.2) is 4.98 Å². The van der Waals surface area contributed by atoms with E-state index in [1.807, 2.05) is 25.1 Å². The maximum Gasteiger partial charge on any atom is 0.221 e. The second kappa shape index (κ2) is 4.09. The number of hydrogen-bond donors (Lipinski definition) is 0. The van der Waals surface area contributed by atoms with Gasteiger partial charge in [0.2, 0.25) is 5.88 Å². The Balaban J connectivity index is 2.70. The fraction of sp³-hybridized carbons (Fsp3) is 0.167. The minimum absolute atomic E-state index is 0.567. The van der Waals surface area contributed by atoms with Crippen molar-refractivity contribution in [1.82, 2.24) is 4.98 Å². The molecule has 2 aromatic rings. The zero-order valence-electron chi connectivity index (χ0n) is 8.43. The van der Waals surface area contributed by atoms with Crippen LogP contribution in [0.15, 0.2) is 30.5 Å². The van der Waals surface area contributed by atoms with Gasteiger partial charge in [0.25, 0.3) is 0 Å². The predicted molar refractivity (Wildman–Crippen MR) is 58.3 cm³/mol. The zero-order valence-corrected chi connectivity index (χ0v) is 8.43. The van der Waals surface area contributed by atoms with Gasteiger partial charge in [0.15, 0.2) is 6.29 Å². The summed E-state index contributed by atoms with van der Waals surface area (Å²) >= 11 is 0. The van der Waals surface area contributed by atoms with Crippen molar-refractivity contribution in [2.75, 3.05) is 6.61 Å². The second-order valence-corrected chi connectivity index (χ2v) is 3.11. The fourth-order valence-corrected chi connectivity index (χ4v) is 1.56. The van der Waals surface area contributed by atoms with Gasteiger partial charge in [-0.3, -0.25) is 4.79 Å². The number of benzene rings is 1. The smallest absolute Gasteiger partial charge is 0.221 e. The van der Waals surface area contributed by atoms with Crippen LogP contribution in [0.4, 0.5) is 0 Å². The van der Waals surface area contributed by atoms with Gasteiger partial charge >= 0.3 is 0 Å². The van der Waals surface area contributed by atoms with Gasteiger partial charge in [-0.05, 0) is 24.4 Å². The Hall–Kier alpha value is -1.90. The van der Waals surface area contributed by atoms with E-state index >= 15 is 0 Å². The molecule has 0 fully saturated rings. The molecule has 0 aliphatic rings. The number of hydrogen-bond acceptors (Lipinski definition) is 3. The molecule has 0 saturated heterocycles. The van der Waals surface area contributed by atoms with Crippen molar-refractivity contribution in [3.63, 3.8) is 0 Å². The van der Waals surface area contributed by atoms with Crippen molar-refractivity contribution in [2.24, 2.45) is 0 Å². The summed E-state index contributed by atoms with van der Waals surface area (Å²) in [6, 6.07) is 7.34. The lowest BCUT2D eigenvalue weighted by Gasteiger charge is -2.06. The Morgan fingerprint density at radius 1 is 1.33 bits per heavy atom. The van der Waals surface area contributed by atoms with Crippen LogP contribution in [0.5, 0.6) is 5.88 Å². The number of pyridine rings is 1. The summed E-state index contributed by atoms with van der Waals surface area (Å²) in [6.45, 7) is 2.47. The molecular weight excluding hydrogens is 190 g/mol. The lowest BCUT2D eigenvalue weighted by atomic mass is 10.1. The molecule has 76 valence electrons. The number of nitrogens with zero attached hydrogens (tertiary/aromatic N) is 1. The van der Waals surface area contributed by atoms with Crippen molar-refractivity contribution < 1.29 is 9.53 Å². The average Bonchev–Trinajstić information content (AvgIpc) is 2.29. The van der Waals surface area contributed by atoms with Gasteiger partial charge in [0.05, 0.1) is 6.61 Å². The molecule has 1 aromatic carbocycles. The molecule has 3 nitrogen and oxygen atoms in total. The first-order chi connectivity index (χ1) is 7.36. The highest BCUT2D eigenvalue weighted by Crippen LogP contribution is 2.24. The summed E-state index contributed by atoms with van der Waals surface area (Å²) in [5.41, 5.74) is 0.663. The van der Waals surface area contributed by atoms with Crippen LogP contribution in [-0.4, -0.2) is 17.9 Å². The van der Waals surface area contributed by atoms with Gasteiger partial charge < -0.3 is 4.74 Å². The zero-order chi connectivity index (χ0) is 10.7. The summed E-state index contributed by atoms with van der Waals surface area (Å²) in [5.74, 6) is 0.582. The monoisotopic (exact) mass is 201 g/mol. The molecule has 1 aromatic heterocycles. The third kappa shape index (κ3) is 1.68. The maximum atomic E-state index is 10.8. The molecule has 0 N–H and O–H groups in total. The summed E-state index contributed by atoms with van der Waals surface area (Å²) in [6.07, 6.45) is 2.50. The van der Waals surface area contributed by atoms with E-state index in [-0.39, 0.29) is 0 Å². The molecule has 0 saturated carbocycles.